The van der Waals surface area contributed by atoms with Gasteiger partial charge in [0.05, 0.1) is 17.4 Å². The molecular weight excluding hydrogens is 498 g/mol. The van der Waals surface area contributed by atoms with Gasteiger partial charge in [-0.25, -0.2) is 9.78 Å². The lowest BCUT2D eigenvalue weighted by Gasteiger charge is -2.33. The Morgan fingerprint density at radius 1 is 0.974 bits per heavy atom. The number of pyridine rings is 2. The van der Waals surface area contributed by atoms with Crippen molar-refractivity contribution in [3.8, 4) is 16.9 Å². The van der Waals surface area contributed by atoms with Crippen molar-refractivity contribution in [2.75, 3.05) is 51.2 Å². The molecule has 0 radical (unpaired) electrons. The SMILES string of the molecule is CN1CCN(c2cc(-c3c(C4CCN(C(N)=O)CC4)c4ccncc4n3-c3ccc(Cl)cc3)ccn2)CC1. The van der Waals surface area contributed by atoms with Crippen LogP contribution in [0.25, 0.3) is 27.8 Å². The number of carbonyl (C=O) groups is 1. The molecular formula is C29H32ClN7O. The number of anilines is 1. The molecule has 196 valence electrons. The van der Waals surface area contributed by atoms with E-state index in [1.807, 2.05) is 30.7 Å². The number of aromatic nitrogens is 3. The summed E-state index contributed by atoms with van der Waals surface area (Å²) in [6.45, 7) is 5.26. The fraction of sp³-hybridized carbons (Fsp3) is 0.345. The van der Waals surface area contributed by atoms with Crippen LogP contribution in [0.3, 0.4) is 0 Å². The van der Waals surface area contributed by atoms with Gasteiger partial charge in [0.2, 0.25) is 0 Å². The Morgan fingerprint density at radius 2 is 1.71 bits per heavy atom. The molecule has 0 unspecified atom stereocenters. The topological polar surface area (TPSA) is 83.5 Å². The molecule has 9 heteroatoms. The Morgan fingerprint density at radius 3 is 2.42 bits per heavy atom. The Balaban J connectivity index is 1.53. The lowest BCUT2D eigenvalue weighted by atomic mass is 9.86. The summed E-state index contributed by atoms with van der Waals surface area (Å²) < 4.78 is 2.30. The van der Waals surface area contributed by atoms with Crippen LogP contribution in [0.2, 0.25) is 5.02 Å². The molecule has 1 aromatic carbocycles. The molecule has 8 nitrogen and oxygen atoms in total. The largest absolute Gasteiger partial charge is 0.354 e. The van der Waals surface area contributed by atoms with Crippen LogP contribution in [0.5, 0.6) is 0 Å². The highest BCUT2D eigenvalue weighted by Crippen LogP contribution is 2.44. The first-order valence-electron chi connectivity index (χ1n) is 13.2. The number of nitrogens with two attached hydrogens (primary N) is 1. The third kappa shape index (κ3) is 4.59. The monoisotopic (exact) mass is 529 g/mol. The van der Waals surface area contributed by atoms with Crippen LogP contribution in [-0.4, -0.2) is 76.7 Å². The Hall–Kier alpha value is -3.62. The lowest BCUT2D eigenvalue weighted by molar-refractivity contribution is 0.191. The van der Waals surface area contributed by atoms with Gasteiger partial charge >= 0.3 is 6.03 Å². The van der Waals surface area contributed by atoms with Crippen molar-refractivity contribution >= 4 is 34.4 Å². The Kier molecular flexibility index (Phi) is 6.68. The van der Waals surface area contributed by atoms with E-state index in [9.17, 15) is 4.79 Å². The normalized spacial score (nSPS) is 17.3. The van der Waals surface area contributed by atoms with Crippen LogP contribution in [0.4, 0.5) is 10.6 Å². The molecule has 3 aromatic heterocycles. The molecule has 6 rings (SSSR count). The van der Waals surface area contributed by atoms with Crippen molar-refractivity contribution in [3.05, 3.63) is 71.6 Å². The molecule has 5 heterocycles. The molecule has 4 aromatic rings. The number of primary amides is 1. The summed E-state index contributed by atoms with van der Waals surface area (Å²) in [4.78, 5) is 27.6. The number of hydrogen-bond donors (Lipinski definition) is 1. The molecule has 0 aliphatic carbocycles. The molecule has 2 aliphatic heterocycles. The van der Waals surface area contributed by atoms with Crippen molar-refractivity contribution in [2.24, 2.45) is 5.73 Å². The second-order valence-corrected chi connectivity index (χ2v) is 10.7. The van der Waals surface area contributed by atoms with Crippen LogP contribution >= 0.6 is 11.6 Å². The highest BCUT2D eigenvalue weighted by Gasteiger charge is 2.30. The van der Waals surface area contributed by atoms with Crippen molar-refractivity contribution in [3.63, 3.8) is 0 Å². The first kappa shape index (κ1) is 24.7. The van der Waals surface area contributed by atoms with Gasteiger partial charge in [-0.2, -0.15) is 0 Å². The number of benzene rings is 1. The standard InChI is InChI=1S/C29H32ClN7O/c1-34-14-16-35(17-15-34)26-18-21(6-11-33-26)28-27(20-8-12-36(13-9-20)29(31)38)24-7-10-32-19-25(24)37(28)23-4-2-22(30)3-5-23/h2-7,10-11,18-20H,8-9,12-17H2,1H3,(H2,31,38). The number of amides is 2. The molecule has 0 atom stereocenters. The molecule has 2 saturated heterocycles. The molecule has 2 amide bonds. The van der Waals surface area contributed by atoms with Gasteiger partial charge in [-0.3, -0.25) is 4.98 Å². The van der Waals surface area contributed by atoms with Crippen molar-refractivity contribution in [1.29, 1.82) is 0 Å². The van der Waals surface area contributed by atoms with E-state index in [-0.39, 0.29) is 11.9 Å². The maximum atomic E-state index is 11.8. The molecule has 38 heavy (non-hydrogen) atoms. The molecule has 2 fully saturated rings. The minimum absolute atomic E-state index is 0.277. The van der Waals surface area contributed by atoms with Gasteiger partial charge in [-0.1, -0.05) is 11.6 Å². The highest BCUT2D eigenvalue weighted by molar-refractivity contribution is 6.30. The van der Waals surface area contributed by atoms with E-state index >= 15 is 0 Å². The van der Waals surface area contributed by atoms with E-state index in [4.69, 9.17) is 22.3 Å². The molecule has 0 spiro atoms. The first-order chi connectivity index (χ1) is 18.5. The van der Waals surface area contributed by atoms with Gasteiger partial charge in [-0.15, -0.1) is 0 Å². The van der Waals surface area contributed by atoms with Gasteiger partial charge in [0.1, 0.15) is 5.82 Å². The fourth-order valence-corrected chi connectivity index (χ4v) is 6.01. The second kappa shape index (κ2) is 10.3. The number of likely N-dealkylation sites (tertiary alicyclic amines) is 1. The first-order valence-corrected chi connectivity index (χ1v) is 13.6. The number of likely N-dealkylation sites (N-methyl/N-ethyl adjacent to an activating group) is 1. The van der Waals surface area contributed by atoms with Gasteiger partial charge < -0.3 is 25.0 Å². The summed E-state index contributed by atoms with van der Waals surface area (Å²) in [5, 5.41) is 1.88. The smallest absolute Gasteiger partial charge is 0.314 e. The maximum absolute atomic E-state index is 11.8. The van der Waals surface area contributed by atoms with Crippen molar-refractivity contribution in [2.45, 2.75) is 18.8 Å². The fourth-order valence-electron chi connectivity index (χ4n) is 5.88. The summed E-state index contributed by atoms with van der Waals surface area (Å²) >= 11 is 6.28. The van der Waals surface area contributed by atoms with Crippen LogP contribution in [-0.2, 0) is 0 Å². The van der Waals surface area contributed by atoms with Crippen molar-refractivity contribution in [1.82, 2.24) is 24.3 Å². The molecule has 2 aliphatic rings. The Labute approximate surface area is 227 Å². The van der Waals surface area contributed by atoms with Gasteiger partial charge in [0.25, 0.3) is 0 Å². The summed E-state index contributed by atoms with van der Waals surface area (Å²) in [5.41, 5.74) is 11.2. The second-order valence-electron chi connectivity index (χ2n) is 10.3. The zero-order valence-corrected chi connectivity index (χ0v) is 22.3. The van der Waals surface area contributed by atoms with Gasteiger partial charge in [0.15, 0.2) is 0 Å². The zero-order valence-electron chi connectivity index (χ0n) is 21.6. The summed E-state index contributed by atoms with van der Waals surface area (Å²) in [6, 6.07) is 14.1. The number of piperidine rings is 1. The molecule has 2 N–H and O–H groups in total. The number of hydrogen-bond acceptors (Lipinski definition) is 5. The number of fused-ring (bicyclic) bond motifs is 1. The summed E-state index contributed by atoms with van der Waals surface area (Å²) in [5.74, 6) is 1.27. The third-order valence-electron chi connectivity index (χ3n) is 7.96. The predicted molar refractivity (Wildman–Crippen MR) is 152 cm³/mol. The summed E-state index contributed by atoms with van der Waals surface area (Å²) in [7, 11) is 2.16. The maximum Gasteiger partial charge on any atom is 0.314 e. The van der Waals surface area contributed by atoms with E-state index in [1.54, 1.807) is 4.90 Å². The van der Waals surface area contributed by atoms with Gasteiger partial charge in [0, 0.05) is 73.3 Å². The van der Waals surface area contributed by atoms with Crippen LogP contribution in [0.1, 0.15) is 24.3 Å². The zero-order chi connectivity index (χ0) is 26.2. The highest BCUT2D eigenvalue weighted by atomic mass is 35.5. The predicted octanol–water partition coefficient (Wildman–Crippen LogP) is 4.75. The number of rotatable bonds is 4. The van der Waals surface area contributed by atoms with E-state index in [1.165, 1.54) is 10.9 Å². The average molecular weight is 530 g/mol. The third-order valence-corrected chi connectivity index (χ3v) is 8.21. The Bertz CT molecular complexity index is 1450. The summed E-state index contributed by atoms with van der Waals surface area (Å²) in [6.07, 6.45) is 7.44. The number of carbonyl (C=O) groups excluding carboxylic acids is 1. The quantitative estimate of drug-likeness (QED) is 0.412. The minimum atomic E-state index is -0.345. The number of halogens is 1. The van der Waals surface area contributed by atoms with E-state index < -0.39 is 0 Å². The van der Waals surface area contributed by atoms with E-state index in [2.05, 4.69) is 56.7 Å². The number of nitrogens with zero attached hydrogens (tertiary/aromatic N) is 6. The minimum Gasteiger partial charge on any atom is -0.354 e. The number of urea groups is 1. The van der Waals surface area contributed by atoms with Crippen LogP contribution in [0, 0.1) is 0 Å². The van der Waals surface area contributed by atoms with E-state index in [0.29, 0.717) is 18.1 Å². The molecule has 0 saturated carbocycles. The van der Waals surface area contributed by atoms with Crippen LogP contribution < -0.4 is 10.6 Å². The molecule has 0 bridgehead atoms. The van der Waals surface area contributed by atoms with E-state index in [0.717, 1.165) is 67.3 Å². The lowest BCUT2D eigenvalue weighted by Crippen LogP contribution is -2.44. The van der Waals surface area contributed by atoms with Crippen LogP contribution in [0.15, 0.2) is 61.1 Å². The van der Waals surface area contributed by atoms with Crippen molar-refractivity contribution < 1.29 is 4.79 Å². The van der Waals surface area contributed by atoms with Gasteiger partial charge in [-0.05, 0) is 73.8 Å². The average Bonchev–Trinajstić information content (AvgIpc) is 3.29. The number of piperazine rings is 1.